The molecule has 2 aromatic rings. The van der Waals surface area contributed by atoms with Gasteiger partial charge in [0.25, 0.3) is 5.92 Å². The first-order valence-corrected chi connectivity index (χ1v) is 19.2. The summed E-state index contributed by atoms with van der Waals surface area (Å²) in [6.45, 7) is 4.48. The van der Waals surface area contributed by atoms with Crippen molar-refractivity contribution in [3.05, 3.63) is 71.8 Å². The van der Waals surface area contributed by atoms with Gasteiger partial charge in [0.1, 0.15) is 18.1 Å². The van der Waals surface area contributed by atoms with Crippen molar-refractivity contribution in [2.75, 3.05) is 32.7 Å². The molecule has 13 nitrogen and oxygen atoms in total. The minimum atomic E-state index is -3.24. The molecule has 0 aliphatic carbocycles. The Labute approximate surface area is 322 Å². The van der Waals surface area contributed by atoms with Gasteiger partial charge in [0, 0.05) is 26.1 Å². The fourth-order valence-corrected chi connectivity index (χ4v) is 7.24. The van der Waals surface area contributed by atoms with E-state index in [-0.39, 0.29) is 57.7 Å². The zero-order valence-corrected chi connectivity index (χ0v) is 32.1. The average molecular weight is 769 g/mol. The number of benzene rings is 2. The molecule has 2 aliphatic rings. The number of carbonyl (C=O) groups excluding carboxylic acids is 5. The molecular formula is C40H58F2N8O5. The first kappa shape index (κ1) is 43.3. The Morgan fingerprint density at radius 3 is 1.80 bits per heavy atom. The minimum Gasteiger partial charge on any atom is -0.343 e. The first-order chi connectivity index (χ1) is 26.1. The van der Waals surface area contributed by atoms with Crippen LogP contribution in [0.2, 0.25) is 0 Å². The average Bonchev–Trinajstić information content (AvgIpc) is 3.12. The smallest absolute Gasteiger partial charge is 0.274 e. The second-order valence-corrected chi connectivity index (χ2v) is 15.6. The summed E-state index contributed by atoms with van der Waals surface area (Å²) in [5.74, 6) is -6.08. The van der Waals surface area contributed by atoms with Gasteiger partial charge < -0.3 is 43.0 Å². The Morgan fingerprint density at radius 2 is 1.25 bits per heavy atom. The van der Waals surface area contributed by atoms with Crippen LogP contribution in [0, 0.1) is 11.3 Å². The van der Waals surface area contributed by atoms with Gasteiger partial charge >= 0.3 is 0 Å². The van der Waals surface area contributed by atoms with E-state index in [0.717, 1.165) is 16.0 Å². The van der Waals surface area contributed by atoms with Crippen molar-refractivity contribution in [3.63, 3.8) is 0 Å². The number of nitrogens with zero attached hydrogens (tertiary/aromatic N) is 2. The highest BCUT2D eigenvalue weighted by Gasteiger charge is 2.64. The lowest BCUT2D eigenvalue weighted by atomic mass is 9.68. The third-order valence-electron chi connectivity index (χ3n) is 10.5. The zero-order chi connectivity index (χ0) is 40.3. The van der Waals surface area contributed by atoms with Crippen LogP contribution < -0.4 is 33.2 Å². The molecule has 2 saturated heterocycles. The highest BCUT2D eigenvalue weighted by atomic mass is 19.3. The Hall–Kier alpha value is -4.47. The van der Waals surface area contributed by atoms with E-state index < -0.39 is 77.6 Å². The second-order valence-electron chi connectivity index (χ2n) is 15.6. The van der Waals surface area contributed by atoms with Crippen molar-refractivity contribution >= 4 is 29.5 Å². The number of alkyl halides is 2. The van der Waals surface area contributed by atoms with E-state index in [4.69, 9.17) is 17.2 Å². The largest absolute Gasteiger partial charge is 0.343 e. The van der Waals surface area contributed by atoms with E-state index in [1.807, 2.05) is 74.5 Å². The highest BCUT2D eigenvalue weighted by molar-refractivity contribution is 5.95. The van der Waals surface area contributed by atoms with Crippen LogP contribution in [-0.2, 0) is 36.8 Å². The molecule has 0 aromatic heterocycles. The number of carbonyl (C=O) groups is 5. The lowest BCUT2D eigenvalue weighted by Crippen LogP contribution is -2.73. The van der Waals surface area contributed by atoms with Gasteiger partial charge in [-0.1, -0.05) is 74.5 Å². The quantitative estimate of drug-likeness (QED) is 0.122. The maximum Gasteiger partial charge on any atom is 0.274 e. The van der Waals surface area contributed by atoms with Gasteiger partial charge in [-0.05, 0) is 69.0 Å². The molecule has 1 spiro atoms. The van der Waals surface area contributed by atoms with Crippen molar-refractivity contribution in [2.45, 2.75) is 102 Å². The molecule has 302 valence electrons. The molecule has 15 heteroatoms. The summed E-state index contributed by atoms with van der Waals surface area (Å²) in [6, 6.07) is 13.3. The van der Waals surface area contributed by atoms with Crippen LogP contribution in [-0.4, -0.2) is 108 Å². The second kappa shape index (κ2) is 19.4. The normalized spacial score (nSPS) is 18.7. The molecule has 55 heavy (non-hydrogen) atoms. The number of amides is 5. The molecule has 2 heterocycles. The van der Waals surface area contributed by atoms with E-state index in [0.29, 0.717) is 19.4 Å². The number of hydrogen-bond acceptors (Lipinski definition) is 8. The van der Waals surface area contributed by atoms with Crippen LogP contribution in [0.4, 0.5) is 8.78 Å². The SMILES string of the molecule is CC(C)C[C@@H](NC(=O)[C@@H](Cc1ccccc1)NC(=O)[C@H](N)Cc1ccccc1)C(=O)N[C@H](CCCCN)C(=O)N1CC2(CCN(C(=O)[C@@H](C)N)CC2(F)F)C1. The Bertz CT molecular complexity index is 1610. The van der Waals surface area contributed by atoms with Crippen LogP contribution in [0.3, 0.4) is 0 Å². The predicted octanol–water partition coefficient (Wildman–Crippen LogP) is 1.47. The number of piperidine rings is 1. The van der Waals surface area contributed by atoms with E-state index in [9.17, 15) is 24.0 Å². The topological polar surface area (TPSA) is 206 Å². The summed E-state index contributed by atoms with van der Waals surface area (Å²) < 4.78 is 31.0. The van der Waals surface area contributed by atoms with Crippen LogP contribution in [0.15, 0.2) is 60.7 Å². The maximum atomic E-state index is 15.5. The maximum absolute atomic E-state index is 15.5. The molecule has 2 aliphatic heterocycles. The predicted molar refractivity (Wildman–Crippen MR) is 205 cm³/mol. The number of unbranched alkanes of at least 4 members (excludes halogenated alkanes) is 1. The Balaban J connectivity index is 1.47. The van der Waals surface area contributed by atoms with Gasteiger partial charge in [-0.25, -0.2) is 8.78 Å². The van der Waals surface area contributed by atoms with Crippen molar-refractivity contribution in [2.24, 2.45) is 28.5 Å². The van der Waals surface area contributed by atoms with Crippen molar-refractivity contribution < 1.29 is 32.8 Å². The molecule has 4 rings (SSSR count). The highest BCUT2D eigenvalue weighted by Crippen LogP contribution is 2.50. The lowest BCUT2D eigenvalue weighted by Gasteiger charge is -2.57. The van der Waals surface area contributed by atoms with Crippen LogP contribution in [0.1, 0.15) is 64.0 Å². The fourth-order valence-electron chi connectivity index (χ4n) is 7.24. The van der Waals surface area contributed by atoms with Crippen LogP contribution >= 0.6 is 0 Å². The number of halogens is 2. The fraction of sp³-hybridized carbons (Fsp3) is 0.575. The number of rotatable bonds is 18. The van der Waals surface area contributed by atoms with Crippen molar-refractivity contribution in [1.29, 1.82) is 0 Å². The molecule has 0 saturated carbocycles. The third kappa shape index (κ3) is 11.5. The number of nitrogens with two attached hydrogens (primary N) is 3. The van der Waals surface area contributed by atoms with E-state index >= 15 is 8.78 Å². The standard InChI is InChI=1S/C40H58F2N8O5/c1-26(2)20-32(48-36(53)33(22-29-14-8-5-9-15-29)47-34(51)30(45)21-28-12-6-4-7-13-28)35(52)46-31(16-10-11-18-43)38(55)50-23-39(24-50)17-19-49(25-40(39,41)42)37(54)27(3)44/h4-9,12-15,26-27,30-33H,10-11,16-25,43-45H2,1-3H3,(H,46,52)(H,47,51)(H,48,53)/t27-,30-,31-,32-,33-/m1/s1. The summed E-state index contributed by atoms with van der Waals surface area (Å²) in [4.78, 5) is 69.8. The number of likely N-dealkylation sites (tertiary alicyclic amines) is 2. The summed E-state index contributed by atoms with van der Waals surface area (Å²) in [5.41, 5.74) is 17.8. The molecule has 0 radical (unpaired) electrons. The summed E-state index contributed by atoms with van der Waals surface area (Å²) in [6.07, 6.45) is 1.89. The summed E-state index contributed by atoms with van der Waals surface area (Å²) in [7, 11) is 0. The van der Waals surface area contributed by atoms with Crippen LogP contribution in [0.25, 0.3) is 0 Å². The minimum absolute atomic E-state index is 0.00672. The molecule has 5 amide bonds. The van der Waals surface area contributed by atoms with Gasteiger partial charge in [-0.2, -0.15) is 0 Å². The first-order valence-electron chi connectivity index (χ1n) is 19.2. The zero-order valence-electron chi connectivity index (χ0n) is 32.1. The molecular weight excluding hydrogens is 710 g/mol. The molecule has 0 bridgehead atoms. The van der Waals surface area contributed by atoms with Gasteiger partial charge in [-0.3, -0.25) is 24.0 Å². The van der Waals surface area contributed by atoms with Gasteiger partial charge in [0.05, 0.1) is 24.0 Å². The van der Waals surface area contributed by atoms with E-state index in [1.54, 1.807) is 0 Å². The van der Waals surface area contributed by atoms with Gasteiger partial charge in [0.15, 0.2) is 0 Å². The number of hydrogen-bond donors (Lipinski definition) is 6. The van der Waals surface area contributed by atoms with E-state index in [2.05, 4.69) is 16.0 Å². The molecule has 2 fully saturated rings. The molecule has 5 atom stereocenters. The number of nitrogens with one attached hydrogen (secondary N) is 3. The van der Waals surface area contributed by atoms with E-state index in [1.165, 1.54) is 11.8 Å². The summed E-state index contributed by atoms with van der Waals surface area (Å²) in [5, 5.41) is 8.41. The third-order valence-corrected chi connectivity index (χ3v) is 10.5. The van der Waals surface area contributed by atoms with Crippen LogP contribution in [0.5, 0.6) is 0 Å². The monoisotopic (exact) mass is 768 g/mol. The van der Waals surface area contributed by atoms with Gasteiger partial charge in [0.2, 0.25) is 29.5 Å². The molecule has 9 N–H and O–H groups in total. The Kier molecular flexibility index (Phi) is 15.3. The van der Waals surface area contributed by atoms with Gasteiger partial charge in [-0.15, -0.1) is 0 Å². The summed E-state index contributed by atoms with van der Waals surface area (Å²) >= 11 is 0. The molecule has 0 unspecified atom stereocenters. The molecule has 2 aromatic carbocycles. The Morgan fingerprint density at radius 1 is 0.709 bits per heavy atom. The lowest BCUT2D eigenvalue weighted by molar-refractivity contribution is -0.225. The van der Waals surface area contributed by atoms with Crippen molar-refractivity contribution in [1.82, 2.24) is 25.8 Å². The van der Waals surface area contributed by atoms with Crippen molar-refractivity contribution in [3.8, 4) is 0 Å².